The molecule has 1 aliphatic rings. The van der Waals surface area contributed by atoms with Crippen molar-refractivity contribution in [1.29, 1.82) is 0 Å². The van der Waals surface area contributed by atoms with E-state index in [1.54, 1.807) is 30.8 Å². The number of fused-ring (bicyclic) bond motifs is 1. The molecule has 0 saturated carbocycles. The van der Waals surface area contributed by atoms with Crippen molar-refractivity contribution in [3.63, 3.8) is 0 Å². The Bertz CT molecular complexity index is 1130. The third-order valence-electron chi connectivity index (χ3n) is 6.53. The standard InChI is InChI=1S/C25H28ClN3O3S/c1-32-18-4-5-21-19(15-18)24(20(26)16-28-21)22(31)6-7-25(17-30)8-12-29(13-9-25)11-2-3-23-27-10-14-33-23/h4-5,10,14-16,22,30-31H,6-9,11-13,17H2,1H3/t22-/m1/s1. The van der Waals surface area contributed by atoms with E-state index >= 15 is 0 Å². The number of benzene rings is 1. The van der Waals surface area contributed by atoms with Crippen molar-refractivity contribution in [2.75, 3.05) is 33.4 Å². The Kier molecular flexibility index (Phi) is 7.84. The number of ether oxygens (including phenoxy) is 1. The van der Waals surface area contributed by atoms with Crippen LogP contribution in [0.1, 0.15) is 42.4 Å². The summed E-state index contributed by atoms with van der Waals surface area (Å²) in [5.41, 5.74) is 1.23. The van der Waals surface area contributed by atoms with Crippen molar-refractivity contribution in [2.24, 2.45) is 5.41 Å². The minimum Gasteiger partial charge on any atom is -0.497 e. The number of hydrogen-bond donors (Lipinski definition) is 2. The topological polar surface area (TPSA) is 78.7 Å². The van der Waals surface area contributed by atoms with E-state index in [0.29, 0.717) is 35.7 Å². The number of aliphatic hydroxyl groups is 2. The molecule has 1 saturated heterocycles. The Morgan fingerprint density at radius 1 is 1.30 bits per heavy atom. The Morgan fingerprint density at radius 3 is 2.82 bits per heavy atom. The molecule has 3 aromatic rings. The van der Waals surface area contributed by atoms with Crippen LogP contribution in [0.25, 0.3) is 10.9 Å². The van der Waals surface area contributed by atoms with E-state index in [-0.39, 0.29) is 12.0 Å². The summed E-state index contributed by atoms with van der Waals surface area (Å²) in [6, 6.07) is 5.57. The fraction of sp³-hybridized carbons (Fsp3) is 0.440. The number of likely N-dealkylation sites (tertiary alicyclic amines) is 1. The minimum atomic E-state index is -0.749. The lowest BCUT2D eigenvalue weighted by Crippen LogP contribution is -2.42. The number of rotatable bonds is 7. The third kappa shape index (κ3) is 5.65. The van der Waals surface area contributed by atoms with Crippen LogP contribution in [0.5, 0.6) is 5.75 Å². The maximum absolute atomic E-state index is 11.1. The maximum atomic E-state index is 11.1. The molecular weight excluding hydrogens is 458 g/mol. The number of aliphatic hydroxyl groups excluding tert-OH is 2. The predicted molar refractivity (Wildman–Crippen MR) is 132 cm³/mol. The molecule has 1 atom stereocenters. The van der Waals surface area contributed by atoms with Crippen LogP contribution in [0, 0.1) is 17.3 Å². The number of methoxy groups -OCH3 is 1. The number of nitrogens with zero attached hydrogens (tertiary/aromatic N) is 3. The third-order valence-corrected chi connectivity index (χ3v) is 7.52. The van der Waals surface area contributed by atoms with E-state index in [1.807, 2.05) is 23.6 Å². The largest absolute Gasteiger partial charge is 0.497 e. The summed E-state index contributed by atoms with van der Waals surface area (Å²) < 4.78 is 5.34. The van der Waals surface area contributed by atoms with Gasteiger partial charge in [0.15, 0.2) is 5.01 Å². The highest BCUT2D eigenvalue weighted by atomic mass is 35.5. The Hall–Kier alpha value is -2.21. The lowest BCUT2D eigenvalue weighted by atomic mass is 9.74. The molecule has 1 fully saturated rings. The zero-order valence-electron chi connectivity index (χ0n) is 18.6. The van der Waals surface area contributed by atoms with Gasteiger partial charge in [-0.1, -0.05) is 17.5 Å². The monoisotopic (exact) mass is 485 g/mol. The molecule has 0 aliphatic carbocycles. The first-order valence-electron chi connectivity index (χ1n) is 11.1. The number of halogens is 1. The lowest BCUT2D eigenvalue weighted by molar-refractivity contribution is 0.0273. The molecule has 0 amide bonds. The molecule has 3 heterocycles. The molecule has 2 aromatic heterocycles. The van der Waals surface area contributed by atoms with Crippen LogP contribution in [-0.2, 0) is 0 Å². The fourth-order valence-electron chi connectivity index (χ4n) is 4.41. The quantitative estimate of drug-likeness (QED) is 0.486. The van der Waals surface area contributed by atoms with Crippen molar-refractivity contribution in [2.45, 2.75) is 31.8 Å². The van der Waals surface area contributed by atoms with Gasteiger partial charge in [0.1, 0.15) is 5.75 Å². The molecule has 8 heteroatoms. The molecular formula is C25H28ClN3O3S. The van der Waals surface area contributed by atoms with Crippen molar-refractivity contribution < 1.29 is 14.9 Å². The Morgan fingerprint density at radius 2 is 2.12 bits per heavy atom. The molecule has 4 rings (SSSR count). The predicted octanol–water partition coefficient (Wildman–Crippen LogP) is 4.29. The molecule has 0 unspecified atom stereocenters. The second-order valence-electron chi connectivity index (χ2n) is 8.53. The van der Waals surface area contributed by atoms with Gasteiger partial charge in [-0.25, -0.2) is 4.98 Å². The van der Waals surface area contributed by atoms with Crippen LogP contribution in [0.3, 0.4) is 0 Å². The molecule has 174 valence electrons. The highest BCUT2D eigenvalue weighted by molar-refractivity contribution is 7.10. The van der Waals surface area contributed by atoms with Crippen molar-refractivity contribution in [1.82, 2.24) is 14.9 Å². The Balaban J connectivity index is 1.39. The van der Waals surface area contributed by atoms with Gasteiger partial charge < -0.3 is 14.9 Å². The summed E-state index contributed by atoms with van der Waals surface area (Å²) in [4.78, 5) is 10.9. The smallest absolute Gasteiger partial charge is 0.166 e. The van der Waals surface area contributed by atoms with Crippen molar-refractivity contribution in [3.05, 3.63) is 51.6 Å². The van der Waals surface area contributed by atoms with Crippen LogP contribution in [-0.4, -0.2) is 58.4 Å². The molecule has 0 bridgehead atoms. The number of hydrogen-bond acceptors (Lipinski definition) is 7. The first-order chi connectivity index (χ1) is 16.0. The molecule has 1 aliphatic heterocycles. The van der Waals surface area contributed by atoms with E-state index < -0.39 is 6.10 Å². The average Bonchev–Trinajstić information content (AvgIpc) is 3.36. The van der Waals surface area contributed by atoms with Crippen LogP contribution >= 0.6 is 22.9 Å². The van der Waals surface area contributed by atoms with Gasteiger partial charge in [0.05, 0.1) is 30.3 Å². The fourth-order valence-corrected chi connectivity index (χ4v) is 5.19. The van der Waals surface area contributed by atoms with Gasteiger partial charge in [0, 0.05) is 35.3 Å². The van der Waals surface area contributed by atoms with E-state index in [2.05, 4.69) is 26.7 Å². The van der Waals surface area contributed by atoms with Crippen LogP contribution in [0.4, 0.5) is 0 Å². The zero-order chi connectivity index (χ0) is 23.3. The molecule has 33 heavy (non-hydrogen) atoms. The summed E-state index contributed by atoms with van der Waals surface area (Å²) in [5, 5.41) is 25.3. The second-order valence-corrected chi connectivity index (χ2v) is 9.83. The van der Waals surface area contributed by atoms with Gasteiger partial charge >= 0.3 is 0 Å². The maximum Gasteiger partial charge on any atom is 0.166 e. The van der Waals surface area contributed by atoms with E-state index in [0.717, 1.165) is 41.8 Å². The van der Waals surface area contributed by atoms with Gasteiger partial charge in [0.2, 0.25) is 0 Å². The first kappa shape index (κ1) is 23.9. The first-order valence-corrected chi connectivity index (χ1v) is 12.3. The van der Waals surface area contributed by atoms with Crippen molar-refractivity contribution in [3.8, 4) is 17.6 Å². The van der Waals surface area contributed by atoms with Crippen LogP contribution < -0.4 is 4.74 Å². The molecule has 6 nitrogen and oxygen atoms in total. The lowest BCUT2D eigenvalue weighted by Gasteiger charge is -2.40. The summed E-state index contributed by atoms with van der Waals surface area (Å²) >= 11 is 8.00. The summed E-state index contributed by atoms with van der Waals surface area (Å²) in [5.74, 6) is 6.99. The van der Waals surface area contributed by atoms with Gasteiger partial charge in [-0.2, -0.15) is 0 Å². The summed E-state index contributed by atoms with van der Waals surface area (Å²) in [6.07, 6.45) is 5.57. The SMILES string of the molecule is COc1ccc2ncc(Cl)c([C@H](O)CCC3(CO)CCN(CC#Cc4nccs4)CC3)c2c1. The summed E-state index contributed by atoms with van der Waals surface area (Å²) in [6.45, 7) is 2.56. The van der Waals surface area contributed by atoms with Crippen LogP contribution in [0.2, 0.25) is 5.02 Å². The number of pyridine rings is 1. The van der Waals surface area contributed by atoms with Gasteiger partial charge in [-0.15, -0.1) is 11.3 Å². The van der Waals surface area contributed by atoms with E-state index in [1.165, 1.54) is 0 Å². The normalized spacial score (nSPS) is 16.8. The zero-order valence-corrected chi connectivity index (χ0v) is 20.2. The molecule has 1 aromatic carbocycles. The highest BCUT2D eigenvalue weighted by Crippen LogP contribution is 2.40. The average molecular weight is 486 g/mol. The van der Waals surface area contributed by atoms with E-state index in [9.17, 15) is 10.2 Å². The van der Waals surface area contributed by atoms with Crippen LogP contribution in [0.15, 0.2) is 36.0 Å². The number of thiazole rings is 1. The number of aromatic nitrogens is 2. The number of piperidine rings is 1. The van der Waals surface area contributed by atoms with Gasteiger partial charge in [-0.05, 0) is 68.3 Å². The van der Waals surface area contributed by atoms with E-state index in [4.69, 9.17) is 16.3 Å². The second kappa shape index (κ2) is 10.8. The highest BCUT2D eigenvalue weighted by Gasteiger charge is 2.34. The minimum absolute atomic E-state index is 0.108. The summed E-state index contributed by atoms with van der Waals surface area (Å²) in [7, 11) is 1.61. The van der Waals surface area contributed by atoms with Gasteiger partial charge in [0.25, 0.3) is 0 Å². The molecule has 0 spiro atoms. The molecule has 2 N–H and O–H groups in total. The Labute approximate surface area is 203 Å². The van der Waals surface area contributed by atoms with Gasteiger partial charge in [-0.3, -0.25) is 9.88 Å². The van der Waals surface area contributed by atoms with Crippen molar-refractivity contribution >= 4 is 33.8 Å². The molecule has 0 radical (unpaired) electrons.